The van der Waals surface area contributed by atoms with Gasteiger partial charge in [-0.15, -0.1) is 0 Å². The number of aryl methyl sites for hydroxylation is 1. The molecule has 2 aliphatic rings. The standard InChI is InChI=1S/C27H30FN7O3/c1-5-21(36)34-13-17(12-18(34)14-38-4)35-27(30-2)22(25(29)37)19(32-35)10-8-15-9-11-20-24(23(15)28)31-26(33(20)3)16-6-7-16/h5,9,11,16-18,30H,1,6-7,12-14H2,2-4H3,(H2,29,37)/t17-,18+/m0/s1. The molecule has 2 fully saturated rings. The van der Waals surface area contributed by atoms with Crippen LogP contribution in [0.25, 0.3) is 11.0 Å². The Morgan fingerprint density at radius 2 is 2.11 bits per heavy atom. The number of anilines is 1. The first-order valence-corrected chi connectivity index (χ1v) is 12.5. The quantitative estimate of drug-likeness (QED) is 0.365. The number of ether oxygens (including phenoxy) is 1. The largest absolute Gasteiger partial charge is 0.383 e. The highest BCUT2D eigenvalue weighted by Gasteiger charge is 2.38. The SMILES string of the molecule is C=CC(=O)N1C[C@@H](n2nc(C#Cc3ccc4c(nc(C5CC5)n4C)c3F)c(C(N)=O)c2NC)C[C@@H]1COC. The van der Waals surface area contributed by atoms with Crippen LogP contribution >= 0.6 is 0 Å². The fraction of sp³-hybridized carbons (Fsp3) is 0.407. The van der Waals surface area contributed by atoms with Crippen LogP contribution in [0.3, 0.4) is 0 Å². The van der Waals surface area contributed by atoms with Gasteiger partial charge in [-0.25, -0.2) is 14.1 Å². The summed E-state index contributed by atoms with van der Waals surface area (Å²) in [4.78, 5) is 31.1. The van der Waals surface area contributed by atoms with Crippen LogP contribution in [0.4, 0.5) is 10.2 Å². The molecule has 38 heavy (non-hydrogen) atoms. The molecule has 3 aromatic rings. The number of amides is 2. The monoisotopic (exact) mass is 519 g/mol. The predicted molar refractivity (Wildman–Crippen MR) is 140 cm³/mol. The van der Waals surface area contributed by atoms with Gasteiger partial charge in [0, 0.05) is 33.7 Å². The third-order valence-electron chi connectivity index (χ3n) is 7.23. The summed E-state index contributed by atoms with van der Waals surface area (Å²) in [7, 11) is 5.12. The molecule has 0 bridgehead atoms. The van der Waals surface area contributed by atoms with Crippen molar-refractivity contribution in [2.75, 3.05) is 32.6 Å². The zero-order valence-electron chi connectivity index (χ0n) is 21.6. The van der Waals surface area contributed by atoms with Crippen LogP contribution in [-0.2, 0) is 16.6 Å². The van der Waals surface area contributed by atoms with E-state index in [0.29, 0.717) is 36.8 Å². The molecular weight excluding hydrogens is 489 g/mol. The number of nitrogens with zero attached hydrogens (tertiary/aromatic N) is 5. The average Bonchev–Trinajstić information content (AvgIpc) is 3.41. The summed E-state index contributed by atoms with van der Waals surface area (Å²) in [6.07, 6.45) is 3.93. The van der Waals surface area contributed by atoms with Crippen molar-refractivity contribution in [3.05, 3.63) is 53.3 Å². The number of carbonyl (C=O) groups excluding carboxylic acids is 2. The number of imidazole rings is 1. The molecular formula is C27H30FN7O3. The lowest BCUT2D eigenvalue weighted by atomic mass is 10.1. The van der Waals surface area contributed by atoms with E-state index in [1.807, 2.05) is 11.6 Å². The van der Waals surface area contributed by atoms with Gasteiger partial charge in [-0.1, -0.05) is 12.5 Å². The van der Waals surface area contributed by atoms with E-state index in [4.69, 9.17) is 10.5 Å². The Labute approximate surface area is 219 Å². The van der Waals surface area contributed by atoms with Crippen LogP contribution in [0.2, 0.25) is 0 Å². The Hall–Kier alpha value is -4.17. The van der Waals surface area contributed by atoms with Gasteiger partial charge in [0.05, 0.1) is 29.8 Å². The molecule has 198 valence electrons. The van der Waals surface area contributed by atoms with E-state index in [1.54, 1.807) is 35.9 Å². The van der Waals surface area contributed by atoms with Crippen molar-refractivity contribution in [3.8, 4) is 11.8 Å². The van der Waals surface area contributed by atoms with Crippen LogP contribution in [-0.4, -0.2) is 69.4 Å². The Balaban J connectivity index is 1.53. The number of hydrogen-bond donors (Lipinski definition) is 2. The highest BCUT2D eigenvalue weighted by Crippen LogP contribution is 2.40. The first-order valence-electron chi connectivity index (χ1n) is 12.5. The van der Waals surface area contributed by atoms with Gasteiger partial charge in [0.25, 0.3) is 5.91 Å². The maximum absolute atomic E-state index is 15.4. The lowest BCUT2D eigenvalue weighted by molar-refractivity contribution is -0.127. The Bertz CT molecular complexity index is 1510. The van der Waals surface area contributed by atoms with Crippen molar-refractivity contribution in [2.45, 2.75) is 37.3 Å². The molecule has 1 aliphatic carbocycles. The van der Waals surface area contributed by atoms with E-state index < -0.39 is 11.7 Å². The molecule has 0 radical (unpaired) electrons. The molecule has 0 spiro atoms. The minimum Gasteiger partial charge on any atom is -0.383 e. The molecule has 3 N–H and O–H groups in total. The van der Waals surface area contributed by atoms with E-state index in [0.717, 1.165) is 18.7 Å². The zero-order valence-corrected chi connectivity index (χ0v) is 21.6. The number of primary amides is 1. The first kappa shape index (κ1) is 25.5. The third-order valence-corrected chi connectivity index (χ3v) is 7.23. The molecule has 2 atom stereocenters. The predicted octanol–water partition coefficient (Wildman–Crippen LogP) is 2.30. The smallest absolute Gasteiger partial charge is 0.255 e. The van der Waals surface area contributed by atoms with Gasteiger partial charge >= 0.3 is 0 Å². The fourth-order valence-electron chi connectivity index (χ4n) is 5.24. The molecule has 1 saturated heterocycles. The first-order chi connectivity index (χ1) is 18.3. The minimum atomic E-state index is -0.718. The van der Waals surface area contributed by atoms with E-state index >= 15 is 4.39 Å². The Kier molecular flexibility index (Phi) is 6.67. The third kappa shape index (κ3) is 4.31. The molecule has 0 unspecified atom stereocenters. The lowest BCUT2D eigenvalue weighted by Crippen LogP contribution is -2.37. The van der Waals surface area contributed by atoms with Gasteiger partial charge in [0.2, 0.25) is 5.91 Å². The van der Waals surface area contributed by atoms with E-state index in [1.165, 1.54) is 6.08 Å². The molecule has 1 aromatic carbocycles. The van der Waals surface area contributed by atoms with Gasteiger partial charge in [0.1, 0.15) is 22.7 Å². The summed E-state index contributed by atoms with van der Waals surface area (Å²) in [5.41, 5.74) is 7.08. The lowest BCUT2D eigenvalue weighted by Gasteiger charge is -2.22. The number of methoxy groups -OCH3 is 1. The Morgan fingerprint density at radius 3 is 2.74 bits per heavy atom. The summed E-state index contributed by atoms with van der Waals surface area (Å²) in [6.45, 7) is 4.28. The zero-order chi connectivity index (χ0) is 27.1. The second-order valence-electron chi connectivity index (χ2n) is 9.67. The molecule has 11 heteroatoms. The van der Waals surface area contributed by atoms with E-state index in [2.05, 4.69) is 33.8 Å². The van der Waals surface area contributed by atoms with Gasteiger partial charge in [-0.3, -0.25) is 9.59 Å². The number of nitrogens with two attached hydrogens (primary N) is 1. The second kappa shape index (κ2) is 9.95. The van der Waals surface area contributed by atoms with Crippen LogP contribution in [0.5, 0.6) is 0 Å². The van der Waals surface area contributed by atoms with E-state index in [9.17, 15) is 9.59 Å². The molecule has 1 aliphatic heterocycles. The van der Waals surface area contributed by atoms with Crippen LogP contribution < -0.4 is 11.1 Å². The highest BCUT2D eigenvalue weighted by molar-refractivity contribution is 6.00. The number of halogens is 1. The normalized spacial score (nSPS) is 18.9. The average molecular weight is 520 g/mol. The van der Waals surface area contributed by atoms with Crippen LogP contribution in [0, 0.1) is 17.7 Å². The summed E-state index contributed by atoms with van der Waals surface area (Å²) in [6, 6.07) is 2.95. The minimum absolute atomic E-state index is 0.104. The van der Waals surface area contributed by atoms with Gasteiger partial charge in [-0.2, -0.15) is 5.10 Å². The summed E-state index contributed by atoms with van der Waals surface area (Å²) < 4.78 is 24.3. The number of fused-ring (bicyclic) bond motifs is 1. The van der Waals surface area contributed by atoms with Crippen molar-refractivity contribution >= 4 is 28.7 Å². The molecule has 3 heterocycles. The number of aromatic nitrogens is 4. The molecule has 1 saturated carbocycles. The van der Waals surface area contributed by atoms with Crippen molar-refractivity contribution in [1.82, 2.24) is 24.2 Å². The van der Waals surface area contributed by atoms with Crippen molar-refractivity contribution in [3.63, 3.8) is 0 Å². The van der Waals surface area contributed by atoms with Crippen LogP contribution in [0.1, 0.15) is 58.7 Å². The maximum Gasteiger partial charge on any atom is 0.255 e. The molecule has 2 amide bonds. The summed E-state index contributed by atoms with van der Waals surface area (Å²) in [5, 5.41) is 7.59. The van der Waals surface area contributed by atoms with Crippen molar-refractivity contribution < 1.29 is 18.7 Å². The van der Waals surface area contributed by atoms with Crippen molar-refractivity contribution in [2.24, 2.45) is 12.8 Å². The van der Waals surface area contributed by atoms with Gasteiger partial charge < -0.3 is 25.3 Å². The summed E-state index contributed by atoms with van der Waals surface area (Å²) >= 11 is 0. The topological polar surface area (TPSA) is 120 Å². The molecule has 10 nitrogen and oxygen atoms in total. The number of benzene rings is 1. The second-order valence-corrected chi connectivity index (χ2v) is 9.67. The van der Waals surface area contributed by atoms with Gasteiger partial charge in [-0.05, 0) is 43.4 Å². The number of likely N-dealkylation sites (tertiary alicyclic amines) is 1. The number of carbonyl (C=O) groups is 2. The number of hydrogen-bond acceptors (Lipinski definition) is 6. The van der Waals surface area contributed by atoms with E-state index in [-0.39, 0.29) is 40.3 Å². The number of nitrogens with one attached hydrogen (secondary N) is 1. The van der Waals surface area contributed by atoms with Crippen molar-refractivity contribution in [1.29, 1.82) is 0 Å². The fourth-order valence-corrected chi connectivity index (χ4v) is 5.24. The molecule has 5 rings (SSSR count). The van der Waals surface area contributed by atoms with Crippen LogP contribution in [0.15, 0.2) is 24.8 Å². The number of rotatable bonds is 7. The van der Waals surface area contributed by atoms with Gasteiger partial charge in [0.15, 0.2) is 11.5 Å². The maximum atomic E-state index is 15.4. The summed E-state index contributed by atoms with van der Waals surface area (Å²) in [5.74, 6) is 5.87. The Morgan fingerprint density at radius 1 is 1.34 bits per heavy atom. The highest BCUT2D eigenvalue weighted by atomic mass is 19.1. The molecule has 2 aromatic heterocycles.